The molecule has 0 aliphatic carbocycles. The average molecular weight is 301 g/mol. The molecule has 1 heterocycles. The summed E-state index contributed by atoms with van der Waals surface area (Å²) in [4.78, 5) is 11.0. The minimum Gasteiger partial charge on any atom is -0.497 e. The van der Waals surface area contributed by atoms with Crippen LogP contribution in [0.15, 0.2) is 29.2 Å². The zero-order chi connectivity index (χ0) is 14.8. The molecule has 1 aromatic rings. The molecule has 1 N–H and O–H groups in total. The molecule has 1 fully saturated rings. The summed E-state index contributed by atoms with van der Waals surface area (Å²) in [7, 11) is -2.31. The highest BCUT2D eigenvalue weighted by molar-refractivity contribution is 7.89. The van der Waals surface area contributed by atoms with Crippen LogP contribution >= 0.6 is 0 Å². The summed E-state index contributed by atoms with van der Waals surface area (Å²) in [6.07, 6.45) is -1.14. The number of benzene rings is 1. The number of morpholine rings is 1. The van der Waals surface area contributed by atoms with E-state index in [0.717, 1.165) is 4.31 Å². The Hall–Kier alpha value is -1.64. The lowest BCUT2D eigenvalue weighted by Gasteiger charge is -2.30. The van der Waals surface area contributed by atoms with Crippen LogP contribution in [-0.4, -0.2) is 56.7 Å². The van der Waals surface area contributed by atoms with Crippen molar-refractivity contribution in [2.24, 2.45) is 0 Å². The Morgan fingerprint density at radius 3 is 2.90 bits per heavy atom. The van der Waals surface area contributed by atoms with Crippen molar-refractivity contribution in [3.63, 3.8) is 0 Å². The van der Waals surface area contributed by atoms with E-state index in [2.05, 4.69) is 0 Å². The van der Waals surface area contributed by atoms with Gasteiger partial charge in [-0.3, -0.25) is 0 Å². The van der Waals surface area contributed by atoms with Crippen LogP contribution in [0.1, 0.15) is 0 Å². The van der Waals surface area contributed by atoms with Gasteiger partial charge in [0.2, 0.25) is 10.0 Å². The van der Waals surface area contributed by atoms with E-state index < -0.39 is 22.1 Å². The van der Waals surface area contributed by atoms with Crippen molar-refractivity contribution in [3.8, 4) is 5.75 Å². The van der Waals surface area contributed by atoms with Gasteiger partial charge in [-0.25, -0.2) is 13.2 Å². The first kappa shape index (κ1) is 14.8. The third-order valence-electron chi connectivity index (χ3n) is 2.98. The number of methoxy groups -OCH3 is 1. The number of aliphatic carboxylic acids is 1. The number of carbonyl (C=O) groups is 1. The van der Waals surface area contributed by atoms with Crippen molar-refractivity contribution in [1.29, 1.82) is 0 Å². The van der Waals surface area contributed by atoms with E-state index in [1.807, 2.05) is 0 Å². The Labute approximate surface area is 116 Å². The van der Waals surface area contributed by atoms with E-state index >= 15 is 0 Å². The minimum absolute atomic E-state index is 0.0557. The van der Waals surface area contributed by atoms with Crippen LogP contribution in [0.25, 0.3) is 0 Å². The Morgan fingerprint density at radius 1 is 1.50 bits per heavy atom. The fraction of sp³-hybridized carbons (Fsp3) is 0.417. The molecule has 0 amide bonds. The SMILES string of the molecule is COc1cccc(S(=O)(=O)N2CCOC(C(=O)O)C2)c1. The van der Waals surface area contributed by atoms with Gasteiger partial charge in [0.15, 0.2) is 6.10 Å². The molecule has 20 heavy (non-hydrogen) atoms. The van der Waals surface area contributed by atoms with Gasteiger partial charge in [-0.2, -0.15) is 4.31 Å². The Morgan fingerprint density at radius 2 is 2.25 bits per heavy atom. The predicted octanol–water partition coefficient (Wildman–Crippen LogP) is 0.169. The number of nitrogens with zero attached hydrogens (tertiary/aromatic N) is 1. The Kier molecular flexibility index (Phi) is 4.26. The molecule has 0 aromatic heterocycles. The first-order valence-corrected chi connectivity index (χ1v) is 7.38. The standard InChI is InChI=1S/C12H15NO6S/c1-18-9-3-2-4-10(7-9)20(16,17)13-5-6-19-11(8-13)12(14)15/h2-4,7,11H,5-6,8H2,1H3,(H,14,15). The summed E-state index contributed by atoms with van der Waals surface area (Å²) >= 11 is 0. The fourth-order valence-electron chi connectivity index (χ4n) is 1.90. The Balaban J connectivity index is 2.27. The van der Waals surface area contributed by atoms with Crippen molar-refractivity contribution in [3.05, 3.63) is 24.3 Å². The zero-order valence-electron chi connectivity index (χ0n) is 10.9. The first-order chi connectivity index (χ1) is 9.45. The van der Waals surface area contributed by atoms with Crippen molar-refractivity contribution < 1.29 is 27.8 Å². The molecular formula is C12H15NO6S. The highest BCUT2D eigenvalue weighted by Gasteiger charge is 2.34. The van der Waals surface area contributed by atoms with Crippen LogP contribution in [0, 0.1) is 0 Å². The average Bonchev–Trinajstić information content (AvgIpc) is 2.47. The molecule has 1 aromatic carbocycles. The van der Waals surface area contributed by atoms with Gasteiger partial charge in [-0.15, -0.1) is 0 Å². The second-order valence-electron chi connectivity index (χ2n) is 4.24. The van der Waals surface area contributed by atoms with Crippen molar-refractivity contribution >= 4 is 16.0 Å². The maximum atomic E-state index is 12.4. The van der Waals surface area contributed by atoms with Crippen LogP contribution in [0.3, 0.4) is 0 Å². The zero-order valence-corrected chi connectivity index (χ0v) is 11.7. The van der Waals surface area contributed by atoms with Crippen molar-refractivity contribution in [2.45, 2.75) is 11.0 Å². The molecule has 1 aliphatic heterocycles. The molecule has 8 heteroatoms. The van der Waals surface area contributed by atoms with Gasteiger partial charge >= 0.3 is 5.97 Å². The molecule has 1 atom stereocenters. The fourth-order valence-corrected chi connectivity index (χ4v) is 3.36. The van der Waals surface area contributed by atoms with Crippen molar-refractivity contribution in [1.82, 2.24) is 4.31 Å². The van der Waals surface area contributed by atoms with E-state index in [9.17, 15) is 13.2 Å². The van der Waals surface area contributed by atoms with Gasteiger partial charge in [0.05, 0.1) is 25.2 Å². The number of hydrogen-bond donors (Lipinski definition) is 1. The molecule has 0 saturated carbocycles. The first-order valence-electron chi connectivity index (χ1n) is 5.94. The number of sulfonamides is 1. The molecular weight excluding hydrogens is 286 g/mol. The molecule has 1 saturated heterocycles. The number of ether oxygens (including phenoxy) is 2. The third-order valence-corrected chi connectivity index (χ3v) is 4.84. The highest BCUT2D eigenvalue weighted by Crippen LogP contribution is 2.22. The number of carboxylic acids is 1. The summed E-state index contributed by atoms with van der Waals surface area (Å²) in [6, 6.07) is 6.06. The molecule has 0 bridgehead atoms. The third kappa shape index (κ3) is 2.92. The van der Waals surface area contributed by atoms with E-state index in [1.54, 1.807) is 12.1 Å². The van der Waals surface area contributed by atoms with Gasteiger partial charge in [-0.1, -0.05) is 6.07 Å². The monoisotopic (exact) mass is 301 g/mol. The van der Waals surface area contributed by atoms with Crippen LogP contribution in [0.4, 0.5) is 0 Å². The smallest absolute Gasteiger partial charge is 0.334 e. The molecule has 1 unspecified atom stereocenters. The number of hydrogen-bond acceptors (Lipinski definition) is 5. The van der Waals surface area contributed by atoms with Crippen LogP contribution in [-0.2, 0) is 19.6 Å². The van der Waals surface area contributed by atoms with Gasteiger partial charge in [0, 0.05) is 12.6 Å². The number of carboxylic acid groups (broad SMARTS) is 1. The lowest BCUT2D eigenvalue weighted by molar-refractivity contribution is -0.153. The summed E-state index contributed by atoms with van der Waals surface area (Å²) in [5, 5.41) is 8.91. The second kappa shape index (κ2) is 5.78. The normalized spacial score (nSPS) is 20.6. The van der Waals surface area contributed by atoms with Crippen LogP contribution in [0.5, 0.6) is 5.75 Å². The van der Waals surface area contributed by atoms with E-state index in [4.69, 9.17) is 14.6 Å². The molecule has 2 rings (SSSR count). The van der Waals surface area contributed by atoms with Gasteiger partial charge in [0.1, 0.15) is 5.75 Å². The summed E-state index contributed by atoms with van der Waals surface area (Å²) in [5.74, 6) is -0.746. The van der Waals surface area contributed by atoms with Gasteiger partial charge in [-0.05, 0) is 12.1 Å². The predicted molar refractivity (Wildman–Crippen MR) is 69.1 cm³/mol. The minimum atomic E-state index is -3.75. The van der Waals surface area contributed by atoms with Gasteiger partial charge < -0.3 is 14.6 Å². The summed E-state index contributed by atoms with van der Waals surface area (Å²) < 4.78 is 36.0. The Bertz CT molecular complexity index is 600. The van der Waals surface area contributed by atoms with Crippen LogP contribution in [0.2, 0.25) is 0 Å². The summed E-state index contributed by atoms with van der Waals surface area (Å²) in [5.41, 5.74) is 0. The summed E-state index contributed by atoms with van der Waals surface area (Å²) in [6.45, 7) is -0.0155. The van der Waals surface area contributed by atoms with Crippen LogP contribution < -0.4 is 4.74 Å². The molecule has 0 spiro atoms. The second-order valence-corrected chi connectivity index (χ2v) is 6.18. The lowest BCUT2D eigenvalue weighted by atomic mass is 10.3. The molecule has 7 nitrogen and oxygen atoms in total. The maximum absolute atomic E-state index is 12.4. The molecule has 1 aliphatic rings. The maximum Gasteiger partial charge on any atom is 0.334 e. The molecule has 0 radical (unpaired) electrons. The highest BCUT2D eigenvalue weighted by atomic mass is 32.2. The quantitative estimate of drug-likeness (QED) is 0.852. The van der Waals surface area contributed by atoms with Crippen molar-refractivity contribution in [2.75, 3.05) is 26.8 Å². The largest absolute Gasteiger partial charge is 0.497 e. The number of rotatable bonds is 4. The topological polar surface area (TPSA) is 93.1 Å². The van der Waals surface area contributed by atoms with E-state index in [0.29, 0.717) is 5.75 Å². The van der Waals surface area contributed by atoms with E-state index in [-0.39, 0.29) is 24.6 Å². The lowest BCUT2D eigenvalue weighted by Crippen LogP contribution is -2.48. The van der Waals surface area contributed by atoms with E-state index in [1.165, 1.54) is 19.2 Å². The molecule has 110 valence electrons. The van der Waals surface area contributed by atoms with Gasteiger partial charge in [0.25, 0.3) is 0 Å².